The van der Waals surface area contributed by atoms with E-state index in [2.05, 4.69) is 263 Å². The van der Waals surface area contributed by atoms with E-state index in [9.17, 15) is 0 Å². The molecule has 0 N–H and O–H groups in total. The molecule has 0 radical (unpaired) electrons. The highest BCUT2D eigenvalue weighted by Gasteiger charge is 2.45. The van der Waals surface area contributed by atoms with E-state index in [1.165, 1.54) is 58.6 Å². The maximum Gasteiger partial charge on any atom is 0.254 e. The molecule has 0 spiro atoms. The summed E-state index contributed by atoms with van der Waals surface area (Å²) >= 11 is 1.84. The third kappa shape index (κ3) is 6.97. The van der Waals surface area contributed by atoms with E-state index in [1.807, 2.05) is 11.3 Å². The number of fused-ring (bicyclic) bond motifs is 8. The fourth-order valence-corrected chi connectivity index (χ4v) is 12.3. The molecule has 0 amide bonds. The Bertz CT molecular complexity index is 3880. The van der Waals surface area contributed by atoms with E-state index in [-0.39, 0.29) is 17.5 Å². The minimum Gasteiger partial charge on any atom is -0.310 e. The number of nitrogens with zero attached hydrogens (tertiary/aromatic N) is 5. The lowest BCUT2D eigenvalue weighted by atomic mass is 9.34. The molecule has 3 aromatic heterocycles. The number of benzene rings is 8. The molecule has 5 nitrogen and oxygen atoms in total. The van der Waals surface area contributed by atoms with Gasteiger partial charge in [-0.15, -0.1) is 11.3 Å². The van der Waals surface area contributed by atoms with Crippen molar-refractivity contribution in [3.05, 3.63) is 218 Å². The molecule has 0 unspecified atom stereocenters. The fourth-order valence-electron chi connectivity index (χ4n) is 11.1. The van der Waals surface area contributed by atoms with E-state index >= 15 is 0 Å². The van der Waals surface area contributed by atoms with Crippen molar-refractivity contribution in [3.63, 3.8) is 0 Å². The average Bonchev–Trinajstić information content (AvgIpc) is 3.78. The van der Waals surface area contributed by atoms with Crippen LogP contribution in [0.4, 0.5) is 51.4 Å². The highest BCUT2D eigenvalue weighted by atomic mass is 32.1. The minimum absolute atomic E-state index is 0.0172. The second-order valence-corrected chi connectivity index (χ2v) is 22.1. The summed E-state index contributed by atoms with van der Waals surface area (Å²) in [5, 5.41) is 4.91. The number of hydrogen-bond donors (Lipinski definition) is 0. The molecule has 0 atom stereocenters. The van der Waals surface area contributed by atoms with Gasteiger partial charge in [-0.1, -0.05) is 175 Å². The normalized spacial score (nSPS) is 13.1. The van der Waals surface area contributed by atoms with Crippen molar-refractivity contribution in [1.82, 2.24) is 9.97 Å². The molecule has 2 aliphatic rings. The molecule has 0 bridgehead atoms. The SMILES string of the molecule is CC(C)(C)c1ccc(N(c2ccc3c(n2)N(c2cccc4c2sc2ccccc24)c2cncc4c2B3c2ccccc2N4c2ccccc2)c2ccc(C(C)(C)C)cc2-c2cccc3ccccc23)cc1. The summed E-state index contributed by atoms with van der Waals surface area (Å²) in [5.41, 5.74) is 15.9. The molecule has 0 saturated carbocycles. The fraction of sp³-hybridized carbons (Fsp3) is 0.125. The van der Waals surface area contributed by atoms with Crippen molar-refractivity contribution in [2.75, 3.05) is 14.7 Å². The Morgan fingerprint density at radius 3 is 1.94 bits per heavy atom. The summed E-state index contributed by atoms with van der Waals surface area (Å²) in [6, 6.07) is 71.4. The van der Waals surface area contributed by atoms with Crippen LogP contribution in [-0.4, -0.2) is 16.7 Å². The zero-order chi connectivity index (χ0) is 48.2. The van der Waals surface area contributed by atoms with Crippen LogP contribution < -0.4 is 31.1 Å². The third-order valence-corrected chi connectivity index (χ3v) is 15.9. The molecule has 5 heterocycles. The Balaban J connectivity index is 1.11. The van der Waals surface area contributed by atoms with Crippen LogP contribution in [0.3, 0.4) is 0 Å². The molecule has 0 fully saturated rings. The van der Waals surface area contributed by atoms with Crippen LogP contribution in [0.25, 0.3) is 42.1 Å². The van der Waals surface area contributed by atoms with Gasteiger partial charge in [0.2, 0.25) is 0 Å². The zero-order valence-corrected chi connectivity index (χ0v) is 41.7. The van der Waals surface area contributed by atoms with E-state index in [4.69, 9.17) is 9.97 Å². The maximum atomic E-state index is 6.04. The Labute approximate surface area is 420 Å². The smallest absolute Gasteiger partial charge is 0.254 e. The molecule has 342 valence electrons. The molecule has 0 aliphatic carbocycles. The van der Waals surface area contributed by atoms with Gasteiger partial charge >= 0.3 is 0 Å². The largest absolute Gasteiger partial charge is 0.310 e. The number of rotatable bonds is 6. The van der Waals surface area contributed by atoms with Gasteiger partial charge < -0.3 is 4.90 Å². The van der Waals surface area contributed by atoms with Gasteiger partial charge in [0.05, 0.1) is 39.8 Å². The van der Waals surface area contributed by atoms with Gasteiger partial charge in [0.15, 0.2) is 0 Å². The molecule has 11 aromatic rings. The van der Waals surface area contributed by atoms with Gasteiger partial charge in [0, 0.05) is 38.1 Å². The minimum atomic E-state index is -0.106. The van der Waals surface area contributed by atoms with Gasteiger partial charge in [0.25, 0.3) is 6.71 Å². The van der Waals surface area contributed by atoms with Gasteiger partial charge in [-0.2, -0.15) is 0 Å². The summed E-state index contributed by atoms with van der Waals surface area (Å²) in [7, 11) is 0. The first-order chi connectivity index (χ1) is 34.5. The predicted molar refractivity (Wildman–Crippen MR) is 304 cm³/mol. The van der Waals surface area contributed by atoms with Gasteiger partial charge in [-0.3, -0.25) is 14.8 Å². The summed E-state index contributed by atoms with van der Waals surface area (Å²) < 4.78 is 2.47. The highest BCUT2D eigenvalue weighted by Crippen LogP contribution is 2.49. The number of hydrogen-bond acceptors (Lipinski definition) is 6. The topological polar surface area (TPSA) is 35.5 Å². The molecule has 7 heteroatoms. The van der Waals surface area contributed by atoms with Crippen molar-refractivity contribution in [2.45, 2.75) is 52.4 Å². The summed E-state index contributed by atoms with van der Waals surface area (Å²) in [6.07, 6.45) is 4.12. The van der Waals surface area contributed by atoms with Crippen molar-refractivity contribution < 1.29 is 0 Å². The standard InChI is InChI=1S/C64H52BN5S/c1-63(2,3)42-30-33-45(34-31-42)69(53-36-32-43(64(4,5)6)38-50(53)47-24-16-19-41-18-10-11-22-46(41)47)59-37-35-52-62(67-59)70(55-28-17-25-49-48-23-12-15-29-58(48)71-61(49)55)57-40-66-39-56-60(57)65(52)51-26-13-14-27-54(51)68(56)44-20-8-7-9-21-44/h7-40H,1-6H3. The Kier molecular flexibility index (Phi) is 9.88. The van der Waals surface area contributed by atoms with E-state index in [0.29, 0.717) is 0 Å². The first kappa shape index (κ1) is 43.1. The summed E-state index contributed by atoms with van der Waals surface area (Å²) in [6.45, 7) is 13.6. The predicted octanol–water partition coefficient (Wildman–Crippen LogP) is 15.8. The van der Waals surface area contributed by atoms with Gasteiger partial charge in [-0.25, -0.2) is 4.98 Å². The first-order valence-electron chi connectivity index (χ1n) is 24.7. The second-order valence-electron chi connectivity index (χ2n) is 21.1. The van der Waals surface area contributed by atoms with Crippen LogP contribution in [0.15, 0.2) is 207 Å². The molecular formula is C64H52BN5S. The van der Waals surface area contributed by atoms with Crippen LogP contribution in [0.1, 0.15) is 52.7 Å². The lowest BCUT2D eigenvalue weighted by molar-refractivity contribution is 0.590. The first-order valence-corrected chi connectivity index (χ1v) is 25.5. The number of anilines is 9. The Morgan fingerprint density at radius 1 is 0.493 bits per heavy atom. The lowest BCUT2D eigenvalue weighted by Gasteiger charge is -2.43. The molecule has 2 aliphatic heterocycles. The number of thiophene rings is 1. The summed E-state index contributed by atoms with van der Waals surface area (Å²) in [5.74, 6) is 1.72. The number of aromatic nitrogens is 2. The molecule has 8 aromatic carbocycles. The van der Waals surface area contributed by atoms with E-state index in [1.54, 1.807) is 0 Å². The number of para-hydroxylation sites is 2. The van der Waals surface area contributed by atoms with Gasteiger partial charge in [-0.05, 0) is 115 Å². The van der Waals surface area contributed by atoms with E-state index < -0.39 is 0 Å². The van der Waals surface area contributed by atoms with Gasteiger partial charge in [0.1, 0.15) is 11.6 Å². The summed E-state index contributed by atoms with van der Waals surface area (Å²) in [4.78, 5) is 18.4. The highest BCUT2D eigenvalue weighted by molar-refractivity contribution is 7.26. The van der Waals surface area contributed by atoms with Crippen LogP contribution in [0, 0.1) is 0 Å². The lowest BCUT2D eigenvalue weighted by Crippen LogP contribution is -2.61. The van der Waals surface area contributed by atoms with Crippen molar-refractivity contribution in [1.29, 1.82) is 0 Å². The third-order valence-electron chi connectivity index (χ3n) is 14.7. The Hall–Kier alpha value is -8.00. The second kappa shape index (κ2) is 16.3. The molecule has 71 heavy (non-hydrogen) atoms. The van der Waals surface area contributed by atoms with Crippen molar-refractivity contribution >= 4 is 117 Å². The molecule has 13 rings (SSSR count). The van der Waals surface area contributed by atoms with Crippen LogP contribution in [0.2, 0.25) is 0 Å². The molecule has 0 saturated heterocycles. The van der Waals surface area contributed by atoms with Crippen molar-refractivity contribution in [3.8, 4) is 11.1 Å². The Morgan fingerprint density at radius 2 is 1.14 bits per heavy atom. The number of pyridine rings is 2. The maximum absolute atomic E-state index is 6.04. The monoisotopic (exact) mass is 933 g/mol. The average molecular weight is 934 g/mol. The molecular weight excluding hydrogens is 882 g/mol. The zero-order valence-electron chi connectivity index (χ0n) is 40.9. The van der Waals surface area contributed by atoms with Crippen molar-refractivity contribution in [2.24, 2.45) is 0 Å². The van der Waals surface area contributed by atoms with Crippen LogP contribution >= 0.6 is 11.3 Å². The van der Waals surface area contributed by atoms with E-state index in [0.717, 1.165) is 62.5 Å². The quantitative estimate of drug-likeness (QED) is 0.155. The van der Waals surface area contributed by atoms with Crippen LogP contribution in [0.5, 0.6) is 0 Å². The van der Waals surface area contributed by atoms with Crippen LogP contribution in [-0.2, 0) is 10.8 Å².